The standard InChI is InChI=1S/C21H24ClF3N6O2S/c1-20(2,3)31-34(32)10-12-6-5-11(7-16(12)33-4)17-14(21(23,24)25)8-13(9-15(17)22)27-19-28-18(26)29-30-19/h5-9,31H,10H2,1-4H3,(H4,26,27,28,29,30). The maximum Gasteiger partial charge on any atom is 0.417 e. The van der Waals surface area contributed by atoms with Crippen molar-refractivity contribution in [3.05, 3.63) is 46.5 Å². The van der Waals surface area contributed by atoms with Crippen LogP contribution in [0, 0.1) is 0 Å². The van der Waals surface area contributed by atoms with Crippen molar-refractivity contribution >= 4 is 40.2 Å². The summed E-state index contributed by atoms with van der Waals surface area (Å²) in [4.78, 5) is 3.82. The number of benzene rings is 2. The van der Waals surface area contributed by atoms with E-state index in [0.717, 1.165) is 6.07 Å². The van der Waals surface area contributed by atoms with E-state index in [1.807, 2.05) is 20.8 Å². The molecule has 1 unspecified atom stereocenters. The fourth-order valence-corrected chi connectivity index (χ4v) is 4.80. The van der Waals surface area contributed by atoms with Crippen LogP contribution in [0.5, 0.6) is 5.75 Å². The fourth-order valence-electron chi connectivity index (χ4n) is 3.19. The Balaban J connectivity index is 2.01. The van der Waals surface area contributed by atoms with Gasteiger partial charge in [-0.1, -0.05) is 23.7 Å². The minimum absolute atomic E-state index is 0.00247. The summed E-state index contributed by atoms with van der Waals surface area (Å²) >= 11 is 6.33. The highest BCUT2D eigenvalue weighted by atomic mass is 35.5. The summed E-state index contributed by atoms with van der Waals surface area (Å²) in [7, 11) is -0.0214. The average Bonchev–Trinajstić information content (AvgIpc) is 3.10. The Kier molecular flexibility index (Phi) is 7.44. The van der Waals surface area contributed by atoms with Crippen molar-refractivity contribution in [2.75, 3.05) is 18.2 Å². The van der Waals surface area contributed by atoms with Gasteiger partial charge >= 0.3 is 6.18 Å². The number of rotatable bonds is 7. The first-order valence-corrected chi connectivity index (χ1v) is 11.7. The molecule has 0 saturated carbocycles. The third kappa shape index (κ3) is 6.39. The highest BCUT2D eigenvalue weighted by Crippen LogP contribution is 2.44. The zero-order valence-electron chi connectivity index (χ0n) is 18.8. The fraction of sp³-hybridized carbons (Fsp3) is 0.333. The molecule has 184 valence electrons. The number of anilines is 3. The number of methoxy groups -OCH3 is 1. The number of nitrogen functional groups attached to an aromatic ring is 1. The molecule has 34 heavy (non-hydrogen) atoms. The molecule has 1 aromatic heterocycles. The number of nitrogens with zero attached hydrogens (tertiary/aromatic N) is 2. The van der Waals surface area contributed by atoms with Crippen LogP contribution >= 0.6 is 11.6 Å². The lowest BCUT2D eigenvalue weighted by atomic mass is 9.97. The molecule has 0 aliphatic heterocycles. The van der Waals surface area contributed by atoms with Crippen molar-refractivity contribution in [2.24, 2.45) is 0 Å². The van der Waals surface area contributed by atoms with Crippen molar-refractivity contribution in [2.45, 2.75) is 38.2 Å². The number of hydrogen-bond donors (Lipinski definition) is 4. The van der Waals surface area contributed by atoms with Gasteiger partial charge in [0.1, 0.15) is 5.75 Å². The molecule has 5 N–H and O–H groups in total. The molecule has 2 aromatic carbocycles. The quantitative estimate of drug-likeness (QED) is 0.350. The zero-order valence-corrected chi connectivity index (χ0v) is 20.4. The third-order valence-electron chi connectivity index (χ3n) is 4.44. The number of alkyl halides is 3. The zero-order chi connectivity index (χ0) is 25.3. The molecule has 0 aliphatic rings. The highest BCUT2D eigenvalue weighted by molar-refractivity contribution is 7.82. The minimum Gasteiger partial charge on any atom is -0.496 e. The number of H-pyrrole nitrogens is 1. The molecule has 0 bridgehead atoms. The van der Waals surface area contributed by atoms with Gasteiger partial charge in [0, 0.05) is 22.4 Å². The molecule has 8 nitrogen and oxygen atoms in total. The number of hydrogen-bond acceptors (Lipinski definition) is 6. The molecule has 1 heterocycles. The lowest BCUT2D eigenvalue weighted by Crippen LogP contribution is -2.37. The van der Waals surface area contributed by atoms with Gasteiger partial charge in [-0.15, -0.1) is 5.10 Å². The van der Waals surface area contributed by atoms with E-state index in [0.29, 0.717) is 11.3 Å². The second kappa shape index (κ2) is 9.80. The van der Waals surface area contributed by atoms with Gasteiger partial charge in [-0.2, -0.15) is 18.2 Å². The predicted octanol–water partition coefficient (Wildman–Crippen LogP) is 5.03. The molecule has 3 rings (SSSR count). The molecule has 0 spiro atoms. The van der Waals surface area contributed by atoms with E-state index in [9.17, 15) is 17.4 Å². The van der Waals surface area contributed by atoms with E-state index in [2.05, 4.69) is 25.2 Å². The van der Waals surface area contributed by atoms with E-state index in [-0.39, 0.29) is 45.0 Å². The van der Waals surface area contributed by atoms with E-state index in [1.165, 1.54) is 25.3 Å². The lowest BCUT2D eigenvalue weighted by molar-refractivity contribution is -0.137. The van der Waals surface area contributed by atoms with Crippen LogP contribution in [0.15, 0.2) is 30.3 Å². The Hall–Kier alpha value is -2.83. The van der Waals surface area contributed by atoms with Crippen LogP contribution < -0.4 is 20.5 Å². The Morgan fingerprint density at radius 3 is 2.47 bits per heavy atom. The van der Waals surface area contributed by atoms with Gasteiger partial charge in [0.2, 0.25) is 11.9 Å². The van der Waals surface area contributed by atoms with Gasteiger partial charge in [0.15, 0.2) is 0 Å². The minimum atomic E-state index is -4.71. The van der Waals surface area contributed by atoms with E-state index in [4.69, 9.17) is 22.1 Å². The van der Waals surface area contributed by atoms with Crippen LogP contribution in [0.2, 0.25) is 5.02 Å². The van der Waals surface area contributed by atoms with Gasteiger partial charge in [-0.3, -0.25) is 0 Å². The molecular formula is C21H24ClF3N6O2S. The molecule has 1 atom stereocenters. The highest BCUT2D eigenvalue weighted by Gasteiger charge is 2.35. The number of nitrogens with one attached hydrogen (secondary N) is 3. The average molecular weight is 517 g/mol. The third-order valence-corrected chi connectivity index (χ3v) is 6.15. The molecule has 13 heteroatoms. The summed E-state index contributed by atoms with van der Waals surface area (Å²) < 4.78 is 62.8. The summed E-state index contributed by atoms with van der Waals surface area (Å²) in [6.07, 6.45) is -4.71. The van der Waals surface area contributed by atoms with E-state index in [1.54, 1.807) is 6.07 Å². The number of aromatic nitrogens is 3. The van der Waals surface area contributed by atoms with E-state index < -0.39 is 22.7 Å². The number of ether oxygens (including phenoxy) is 1. The van der Waals surface area contributed by atoms with Crippen LogP contribution in [0.3, 0.4) is 0 Å². The Bertz CT molecular complexity index is 1210. The molecule has 0 amide bonds. The van der Waals surface area contributed by atoms with Crippen molar-refractivity contribution < 1.29 is 22.1 Å². The van der Waals surface area contributed by atoms with Crippen LogP contribution in [-0.2, 0) is 22.9 Å². The lowest BCUT2D eigenvalue weighted by Gasteiger charge is -2.20. The molecule has 3 aromatic rings. The van der Waals surface area contributed by atoms with Gasteiger partial charge < -0.3 is 15.8 Å². The second-order valence-corrected chi connectivity index (χ2v) is 10.0. The predicted molar refractivity (Wildman–Crippen MR) is 127 cm³/mol. The van der Waals surface area contributed by atoms with Crippen molar-refractivity contribution in [3.63, 3.8) is 0 Å². The van der Waals surface area contributed by atoms with Crippen molar-refractivity contribution in [3.8, 4) is 16.9 Å². The van der Waals surface area contributed by atoms with Gasteiger partial charge in [-0.25, -0.2) is 14.0 Å². The molecule has 0 aliphatic carbocycles. The number of halogens is 4. The van der Waals surface area contributed by atoms with Gasteiger partial charge in [0.25, 0.3) is 0 Å². The monoisotopic (exact) mass is 516 g/mol. The van der Waals surface area contributed by atoms with Crippen molar-refractivity contribution in [1.82, 2.24) is 19.9 Å². The van der Waals surface area contributed by atoms with Crippen molar-refractivity contribution in [1.29, 1.82) is 0 Å². The van der Waals surface area contributed by atoms with Gasteiger partial charge in [-0.05, 0) is 44.5 Å². The molecule has 0 saturated heterocycles. The topological polar surface area (TPSA) is 118 Å². The maximum absolute atomic E-state index is 14.0. The largest absolute Gasteiger partial charge is 0.496 e. The summed E-state index contributed by atoms with van der Waals surface area (Å²) in [6.45, 7) is 5.63. The summed E-state index contributed by atoms with van der Waals surface area (Å²) in [5.74, 6) is 0.414. The smallest absolute Gasteiger partial charge is 0.417 e. The van der Waals surface area contributed by atoms with Crippen LogP contribution in [0.4, 0.5) is 30.8 Å². The normalized spacial score (nSPS) is 13.1. The molecule has 0 fully saturated rings. The Morgan fingerprint density at radius 2 is 1.91 bits per heavy atom. The SMILES string of the molecule is COc1cc(-c2c(Cl)cc(Nc3n[nH]c(N)n3)cc2C(F)(F)F)ccc1CS(=O)NC(C)(C)C. The second-order valence-electron chi connectivity index (χ2n) is 8.42. The van der Waals surface area contributed by atoms with Crippen LogP contribution in [0.25, 0.3) is 11.1 Å². The first-order chi connectivity index (χ1) is 15.8. The van der Waals surface area contributed by atoms with Crippen LogP contribution in [-0.4, -0.2) is 32.0 Å². The molecular weight excluding hydrogens is 493 g/mol. The van der Waals surface area contributed by atoms with Gasteiger partial charge in [0.05, 0.1) is 34.4 Å². The number of aromatic amines is 1. The Morgan fingerprint density at radius 1 is 1.21 bits per heavy atom. The summed E-state index contributed by atoms with van der Waals surface area (Å²) in [5, 5.41) is 8.64. The first-order valence-electron chi connectivity index (χ1n) is 9.96. The molecule has 0 radical (unpaired) electrons. The first kappa shape index (κ1) is 25.8. The maximum atomic E-state index is 14.0. The van der Waals surface area contributed by atoms with Crippen LogP contribution in [0.1, 0.15) is 31.9 Å². The Labute approximate surface area is 202 Å². The number of nitrogens with two attached hydrogens (primary N) is 1. The summed E-state index contributed by atoms with van der Waals surface area (Å²) in [5.41, 5.74) is 4.71. The van der Waals surface area contributed by atoms with E-state index >= 15 is 0 Å². The summed E-state index contributed by atoms with van der Waals surface area (Å²) in [6, 6.07) is 6.77.